The minimum atomic E-state index is -0.118. The Morgan fingerprint density at radius 2 is 2.03 bits per heavy atom. The maximum atomic E-state index is 12.2. The maximum absolute atomic E-state index is 12.2. The lowest BCUT2D eigenvalue weighted by Crippen LogP contribution is -2.18. The number of amides is 1. The number of benzene rings is 1. The summed E-state index contributed by atoms with van der Waals surface area (Å²) in [7, 11) is 1.63. The van der Waals surface area contributed by atoms with Crippen LogP contribution in [0.1, 0.15) is 28.8 Å². The highest BCUT2D eigenvalue weighted by Gasteiger charge is 2.15. The molecule has 29 heavy (non-hydrogen) atoms. The predicted octanol–water partition coefficient (Wildman–Crippen LogP) is 2.99. The SMILES string of the molecule is CNC(=O)c1ccnc2c([C@H](C)CNc3cc(-c4ccn[nH]4)ncn3)cccc12. The molecule has 1 aromatic carbocycles. The summed E-state index contributed by atoms with van der Waals surface area (Å²) in [5.41, 5.74) is 4.14. The molecule has 4 aromatic rings. The van der Waals surface area contributed by atoms with Crippen LogP contribution in [0.5, 0.6) is 0 Å². The second-order valence-electron chi connectivity index (χ2n) is 6.72. The fraction of sp³-hybridized carbons (Fsp3) is 0.190. The summed E-state index contributed by atoms with van der Waals surface area (Å²) in [6, 6.07) is 11.4. The van der Waals surface area contributed by atoms with Crippen molar-refractivity contribution in [3.63, 3.8) is 0 Å². The standard InChI is InChI=1S/C21H21N7O/c1-13(11-24-19-10-18(25-12-26-19)17-7-9-27-28-17)14-4-3-5-15-16(21(29)22-2)6-8-23-20(14)15/h3-10,12-13H,11H2,1-2H3,(H,22,29)(H,27,28)(H,24,25,26)/t13-/m1/s1. The van der Waals surface area contributed by atoms with Gasteiger partial charge in [0.05, 0.1) is 22.5 Å². The highest BCUT2D eigenvalue weighted by atomic mass is 16.1. The zero-order valence-electron chi connectivity index (χ0n) is 16.2. The molecule has 4 rings (SSSR count). The molecule has 0 aliphatic rings. The number of rotatable bonds is 6. The smallest absolute Gasteiger partial charge is 0.251 e. The molecule has 0 aliphatic carbocycles. The van der Waals surface area contributed by atoms with Crippen LogP contribution in [0.2, 0.25) is 0 Å². The molecule has 3 N–H and O–H groups in total. The van der Waals surface area contributed by atoms with Crippen LogP contribution in [0.15, 0.2) is 55.1 Å². The van der Waals surface area contributed by atoms with Gasteiger partial charge in [0.25, 0.3) is 5.91 Å². The average Bonchev–Trinajstić information content (AvgIpc) is 3.31. The van der Waals surface area contributed by atoms with Crippen LogP contribution in [0.3, 0.4) is 0 Å². The predicted molar refractivity (Wildman–Crippen MR) is 112 cm³/mol. The molecule has 146 valence electrons. The van der Waals surface area contributed by atoms with Crippen molar-refractivity contribution in [1.29, 1.82) is 0 Å². The number of aromatic nitrogens is 5. The van der Waals surface area contributed by atoms with Crippen LogP contribution in [-0.4, -0.2) is 44.6 Å². The largest absolute Gasteiger partial charge is 0.369 e. The molecule has 3 heterocycles. The molecule has 0 bridgehead atoms. The monoisotopic (exact) mass is 387 g/mol. The normalized spacial score (nSPS) is 11.9. The van der Waals surface area contributed by atoms with Crippen LogP contribution < -0.4 is 10.6 Å². The van der Waals surface area contributed by atoms with E-state index in [9.17, 15) is 4.79 Å². The molecule has 8 heteroatoms. The van der Waals surface area contributed by atoms with Crippen molar-refractivity contribution < 1.29 is 4.79 Å². The van der Waals surface area contributed by atoms with Crippen molar-refractivity contribution in [2.24, 2.45) is 0 Å². The number of H-pyrrole nitrogens is 1. The Kier molecular flexibility index (Phi) is 5.15. The Morgan fingerprint density at radius 1 is 1.14 bits per heavy atom. The number of pyridine rings is 1. The minimum Gasteiger partial charge on any atom is -0.369 e. The van der Waals surface area contributed by atoms with E-state index in [0.29, 0.717) is 12.1 Å². The van der Waals surface area contributed by atoms with Gasteiger partial charge in [-0.25, -0.2) is 9.97 Å². The summed E-state index contributed by atoms with van der Waals surface area (Å²) in [6.07, 6.45) is 4.89. The fourth-order valence-electron chi connectivity index (χ4n) is 3.30. The van der Waals surface area contributed by atoms with Crippen molar-refractivity contribution in [1.82, 2.24) is 30.5 Å². The lowest BCUT2D eigenvalue weighted by molar-refractivity contribution is 0.0964. The Morgan fingerprint density at radius 3 is 2.83 bits per heavy atom. The quantitative estimate of drug-likeness (QED) is 0.469. The molecule has 1 atom stereocenters. The summed E-state index contributed by atoms with van der Waals surface area (Å²) < 4.78 is 0. The van der Waals surface area contributed by atoms with Crippen molar-refractivity contribution in [3.05, 3.63) is 66.2 Å². The van der Waals surface area contributed by atoms with E-state index in [1.54, 1.807) is 25.5 Å². The molecular weight excluding hydrogens is 366 g/mol. The number of carbonyl (C=O) groups is 1. The zero-order valence-corrected chi connectivity index (χ0v) is 16.2. The molecule has 0 saturated carbocycles. The second-order valence-corrected chi connectivity index (χ2v) is 6.72. The van der Waals surface area contributed by atoms with E-state index >= 15 is 0 Å². The minimum absolute atomic E-state index is 0.118. The number of aromatic amines is 1. The third-order valence-electron chi connectivity index (χ3n) is 4.84. The van der Waals surface area contributed by atoms with E-state index < -0.39 is 0 Å². The first-order valence-corrected chi connectivity index (χ1v) is 9.32. The molecule has 0 radical (unpaired) electrons. The van der Waals surface area contributed by atoms with Gasteiger partial charge >= 0.3 is 0 Å². The number of para-hydroxylation sites is 1. The Hall–Kier alpha value is -3.81. The average molecular weight is 387 g/mol. The van der Waals surface area contributed by atoms with Crippen molar-refractivity contribution >= 4 is 22.6 Å². The number of hydrogen-bond donors (Lipinski definition) is 3. The highest BCUT2D eigenvalue weighted by molar-refractivity contribution is 6.06. The number of anilines is 1. The van der Waals surface area contributed by atoms with E-state index in [-0.39, 0.29) is 11.8 Å². The second kappa shape index (κ2) is 8.05. The van der Waals surface area contributed by atoms with Gasteiger partial charge in [-0.15, -0.1) is 0 Å². The molecule has 0 saturated heterocycles. The summed E-state index contributed by atoms with van der Waals surface area (Å²) in [5, 5.41) is 13.8. The maximum Gasteiger partial charge on any atom is 0.251 e. The van der Waals surface area contributed by atoms with Crippen LogP contribution in [0, 0.1) is 0 Å². The van der Waals surface area contributed by atoms with Gasteiger partial charge in [-0.1, -0.05) is 25.1 Å². The number of carbonyl (C=O) groups excluding carboxylic acids is 1. The third-order valence-corrected chi connectivity index (χ3v) is 4.84. The Balaban J connectivity index is 1.56. The lowest BCUT2D eigenvalue weighted by Gasteiger charge is -2.16. The van der Waals surface area contributed by atoms with Gasteiger partial charge in [0.2, 0.25) is 0 Å². The third kappa shape index (κ3) is 3.77. The van der Waals surface area contributed by atoms with Crippen LogP contribution >= 0.6 is 0 Å². The van der Waals surface area contributed by atoms with E-state index in [2.05, 4.69) is 42.7 Å². The van der Waals surface area contributed by atoms with Gasteiger partial charge < -0.3 is 10.6 Å². The van der Waals surface area contributed by atoms with Crippen molar-refractivity contribution in [2.75, 3.05) is 18.9 Å². The van der Waals surface area contributed by atoms with Crippen LogP contribution in [-0.2, 0) is 0 Å². The zero-order chi connectivity index (χ0) is 20.2. The summed E-state index contributed by atoms with van der Waals surface area (Å²) in [6.45, 7) is 2.78. The van der Waals surface area contributed by atoms with Gasteiger partial charge in [0.1, 0.15) is 12.1 Å². The molecule has 3 aromatic heterocycles. The Bertz CT molecular complexity index is 1140. The topological polar surface area (TPSA) is 108 Å². The number of nitrogens with one attached hydrogen (secondary N) is 3. The summed E-state index contributed by atoms with van der Waals surface area (Å²) in [5.74, 6) is 0.764. The molecule has 0 aliphatic heterocycles. The van der Waals surface area contributed by atoms with E-state index in [0.717, 1.165) is 33.7 Å². The fourth-order valence-corrected chi connectivity index (χ4v) is 3.30. The van der Waals surface area contributed by atoms with Gasteiger partial charge in [-0.3, -0.25) is 14.9 Å². The van der Waals surface area contributed by atoms with Gasteiger partial charge in [-0.2, -0.15) is 5.10 Å². The number of hydrogen-bond acceptors (Lipinski definition) is 6. The van der Waals surface area contributed by atoms with Gasteiger partial charge in [0.15, 0.2) is 0 Å². The summed E-state index contributed by atoms with van der Waals surface area (Å²) >= 11 is 0. The van der Waals surface area contributed by atoms with Gasteiger partial charge in [0, 0.05) is 43.4 Å². The van der Waals surface area contributed by atoms with Gasteiger partial charge in [-0.05, 0) is 17.7 Å². The van der Waals surface area contributed by atoms with Crippen molar-refractivity contribution in [3.8, 4) is 11.4 Å². The summed E-state index contributed by atoms with van der Waals surface area (Å²) in [4.78, 5) is 25.3. The first kappa shape index (κ1) is 18.5. The van der Waals surface area contributed by atoms with Crippen LogP contribution in [0.4, 0.5) is 5.82 Å². The van der Waals surface area contributed by atoms with E-state index in [1.165, 1.54) is 6.33 Å². The van der Waals surface area contributed by atoms with Crippen LogP contribution in [0.25, 0.3) is 22.3 Å². The number of nitrogens with zero attached hydrogens (tertiary/aromatic N) is 4. The highest BCUT2D eigenvalue weighted by Crippen LogP contribution is 2.26. The molecule has 8 nitrogen and oxygen atoms in total. The molecular formula is C21H21N7O. The lowest BCUT2D eigenvalue weighted by atomic mass is 9.96. The van der Waals surface area contributed by atoms with E-state index in [1.807, 2.05) is 30.3 Å². The Labute approximate surface area is 167 Å². The first-order valence-electron chi connectivity index (χ1n) is 9.32. The van der Waals surface area contributed by atoms with E-state index in [4.69, 9.17) is 0 Å². The molecule has 0 spiro atoms. The first-order chi connectivity index (χ1) is 14.2. The number of fused-ring (bicyclic) bond motifs is 1. The molecule has 0 fully saturated rings. The molecule has 0 unspecified atom stereocenters. The molecule has 1 amide bonds. The van der Waals surface area contributed by atoms with Crippen molar-refractivity contribution in [2.45, 2.75) is 12.8 Å².